The molecule has 2 aromatic heterocycles. The zero-order valence-corrected chi connectivity index (χ0v) is 12.5. The molecule has 21 heavy (non-hydrogen) atoms. The van der Waals surface area contributed by atoms with Crippen LogP contribution in [0.3, 0.4) is 0 Å². The summed E-state index contributed by atoms with van der Waals surface area (Å²) in [5.41, 5.74) is 2.64. The Morgan fingerprint density at radius 1 is 1.43 bits per heavy atom. The van der Waals surface area contributed by atoms with Gasteiger partial charge in [-0.05, 0) is 19.8 Å². The van der Waals surface area contributed by atoms with Crippen LogP contribution < -0.4 is 15.0 Å². The number of anilines is 2. The molecule has 0 bridgehead atoms. The SMILES string of the molecule is Cc1cn2nc(NCCCCO)c3c(c2n1)OCCN3C. The van der Waals surface area contributed by atoms with Gasteiger partial charge >= 0.3 is 0 Å². The summed E-state index contributed by atoms with van der Waals surface area (Å²) in [4.78, 5) is 6.64. The molecular weight excluding hydrogens is 270 g/mol. The fraction of sp³-hybridized carbons (Fsp3) is 0.571. The number of ether oxygens (including phenoxy) is 1. The highest BCUT2D eigenvalue weighted by Gasteiger charge is 2.25. The Kier molecular flexibility index (Phi) is 3.83. The molecule has 0 fully saturated rings. The number of hydrogen-bond acceptors (Lipinski definition) is 6. The van der Waals surface area contributed by atoms with Gasteiger partial charge in [0.05, 0.1) is 18.4 Å². The molecule has 2 N–H and O–H groups in total. The van der Waals surface area contributed by atoms with Crippen molar-refractivity contribution in [2.75, 3.05) is 43.6 Å². The van der Waals surface area contributed by atoms with Gasteiger partial charge in [0, 0.05) is 20.2 Å². The van der Waals surface area contributed by atoms with Gasteiger partial charge in [-0.2, -0.15) is 0 Å². The molecule has 3 rings (SSSR count). The Labute approximate surface area is 123 Å². The van der Waals surface area contributed by atoms with Crippen LogP contribution in [0.5, 0.6) is 5.75 Å². The molecule has 1 aliphatic heterocycles. The third-order valence-electron chi connectivity index (χ3n) is 3.59. The van der Waals surface area contributed by atoms with Gasteiger partial charge in [0.25, 0.3) is 0 Å². The zero-order chi connectivity index (χ0) is 14.8. The molecule has 0 unspecified atom stereocenters. The van der Waals surface area contributed by atoms with E-state index in [2.05, 4.69) is 20.3 Å². The van der Waals surface area contributed by atoms with Gasteiger partial charge in [-0.3, -0.25) is 0 Å². The maximum absolute atomic E-state index is 8.86. The molecule has 0 amide bonds. The summed E-state index contributed by atoms with van der Waals surface area (Å²) in [5.74, 6) is 1.59. The second-order valence-electron chi connectivity index (χ2n) is 5.30. The molecule has 7 heteroatoms. The average molecular weight is 291 g/mol. The normalized spacial score (nSPS) is 14.1. The van der Waals surface area contributed by atoms with E-state index in [1.165, 1.54) is 0 Å². The molecular formula is C14H21N5O2. The second-order valence-corrected chi connectivity index (χ2v) is 5.30. The highest BCUT2D eigenvalue weighted by atomic mass is 16.5. The number of nitrogens with one attached hydrogen (secondary N) is 1. The van der Waals surface area contributed by atoms with Crippen molar-refractivity contribution < 1.29 is 9.84 Å². The Morgan fingerprint density at radius 3 is 3.10 bits per heavy atom. The molecule has 2 aromatic rings. The molecule has 0 spiro atoms. The second kappa shape index (κ2) is 5.77. The van der Waals surface area contributed by atoms with E-state index in [1.807, 2.05) is 20.2 Å². The van der Waals surface area contributed by atoms with Crippen molar-refractivity contribution >= 4 is 17.2 Å². The fourth-order valence-corrected chi connectivity index (χ4v) is 2.53. The van der Waals surface area contributed by atoms with Crippen LogP contribution in [0.4, 0.5) is 11.5 Å². The topological polar surface area (TPSA) is 74.9 Å². The largest absolute Gasteiger partial charge is 0.486 e. The standard InChI is InChI=1S/C14H21N5O2/c1-10-9-19-14(16-10)12-11(18(2)6-8-21-12)13(17-19)15-5-3-4-7-20/h9,20H,3-8H2,1-2H3,(H,15,17). The lowest BCUT2D eigenvalue weighted by Gasteiger charge is -2.29. The van der Waals surface area contributed by atoms with Crippen LogP contribution in [-0.2, 0) is 0 Å². The van der Waals surface area contributed by atoms with Crippen molar-refractivity contribution in [2.24, 2.45) is 0 Å². The summed E-state index contributed by atoms with van der Waals surface area (Å²) in [5, 5.41) is 16.8. The fourth-order valence-electron chi connectivity index (χ4n) is 2.53. The van der Waals surface area contributed by atoms with Crippen LogP contribution >= 0.6 is 0 Å². The monoisotopic (exact) mass is 291 g/mol. The van der Waals surface area contributed by atoms with Gasteiger partial charge in [0.2, 0.25) is 0 Å². The summed E-state index contributed by atoms with van der Waals surface area (Å²) in [7, 11) is 2.04. The van der Waals surface area contributed by atoms with Crippen LogP contribution in [0.2, 0.25) is 0 Å². The third-order valence-corrected chi connectivity index (χ3v) is 3.59. The predicted molar refractivity (Wildman–Crippen MR) is 81.3 cm³/mol. The number of unbranched alkanes of at least 4 members (excludes halogenated alkanes) is 1. The molecule has 0 radical (unpaired) electrons. The number of rotatable bonds is 5. The Balaban J connectivity index is 1.99. The highest BCUT2D eigenvalue weighted by molar-refractivity contribution is 5.81. The number of fused-ring (bicyclic) bond motifs is 3. The van der Waals surface area contributed by atoms with E-state index in [9.17, 15) is 0 Å². The van der Waals surface area contributed by atoms with Crippen molar-refractivity contribution in [3.63, 3.8) is 0 Å². The number of aromatic nitrogens is 3. The summed E-state index contributed by atoms with van der Waals surface area (Å²) < 4.78 is 7.61. The molecule has 0 saturated heterocycles. The van der Waals surface area contributed by atoms with E-state index in [0.717, 1.165) is 54.5 Å². The number of aliphatic hydroxyl groups excluding tert-OH is 1. The van der Waals surface area contributed by atoms with E-state index in [4.69, 9.17) is 9.84 Å². The van der Waals surface area contributed by atoms with E-state index in [-0.39, 0.29) is 6.61 Å². The first-order valence-electron chi connectivity index (χ1n) is 7.29. The molecule has 7 nitrogen and oxygen atoms in total. The van der Waals surface area contributed by atoms with Crippen LogP contribution in [0, 0.1) is 6.92 Å². The molecule has 114 valence electrons. The van der Waals surface area contributed by atoms with E-state index < -0.39 is 0 Å². The van der Waals surface area contributed by atoms with Crippen molar-refractivity contribution in [2.45, 2.75) is 19.8 Å². The van der Waals surface area contributed by atoms with Gasteiger partial charge in [-0.25, -0.2) is 9.50 Å². The van der Waals surface area contributed by atoms with Gasteiger partial charge in [-0.1, -0.05) is 0 Å². The Hall–Kier alpha value is -2.02. The predicted octanol–water partition coefficient (Wildman–Crippen LogP) is 1.05. The lowest BCUT2D eigenvalue weighted by atomic mass is 10.3. The molecule has 0 aromatic carbocycles. The summed E-state index contributed by atoms with van der Waals surface area (Å²) >= 11 is 0. The van der Waals surface area contributed by atoms with Crippen molar-refractivity contribution in [1.29, 1.82) is 0 Å². The number of likely N-dealkylation sites (N-methyl/N-ethyl adjacent to an activating group) is 1. The first kappa shape index (κ1) is 13.9. The van der Waals surface area contributed by atoms with Crippen LogP contribution in [0.25, 0.3) is 5.65 Å². The number of hydrogen-bond donors (Lipinski definition) is 2. The summed E-state index contributed by atoms with van der Waals surface area (Å²) in [6.07, 6.45) is 3.58. The van der Waals surface area contributed by atoms with Crippen LogP contribution in [-0.4, -0.2) is 53.1 Å². The van der Waals surface area contributed by atoms with Gasteiger partial charge < -0.3 is 20.1 Å². The van der Waals surface area contributed by atoms with Crippen LogP contribution in [0.15, 0.2) is 6.20 Å². The first-order chi connectivity index (χ1) is 10.2. The third kappa shape index (κ3) is 2.61. The quantitative estimate of drug-likeness (QED) is 0.802. The van der Waals surface area contributed by atoms with Crippen molar-refractivity contribution in [1.82, 2.24) is 14.6 Å². The highest BCUT2D eigenvalue weighted by Crippen LogP contribution is 2.39. The minimum atomic E-state index is 0.218. The maximum Gasteiger partial charge on any atom is 0.198 e. The Bertz CT molecular complexity index is 640. The van der Waals surface area contributed by atoms with Crippen LogP contribution in [0.1, 0.15) is 18.5 Å². The number of nitrogens with zero attached hydrogens (tertiary/aromatic N) is 4. The number of imidazole rings is 1. The first-order valence-corrected chi connectivity index (χ1v) is 7.29. The van der Waals surface area contributed by atoms with Gasteiger partial charge in [0.15, 0.2) is 17.2 Å². The molecule has 0 saturated carbocycles. The van der Waals surface area contributed by atoms with Gasteiger partial charge in [-0.15, -0.1) is 5.10 Å². The van der Waals surface area contributed by atoms with E-state index >= 15 is 0 Å². The maximum atomic E-state index is 8.86. The molecule has 0 aliphatic carbocycles. The summed E-state index contributed by atoms with van der Waals surface area (Å²) in [6, 6.07) is 0. The molecule has 0 atom stereocenters. The minimum Gasteiger partial charge on any atom is -0.486 e. The number of aliphatic hydroxyl groups is 1. The lowest BCUT2D eigenvalue weighted by Crippen LogP contribution is -2.30. The van der Waals surface area contributed by atoms with Crippen molar-refractivity contribution in [3.05, 3.63) is 11.9 Å². The zero-order valence-electron chi connectivity index (χ0n) is 12.5. The number of aryl methyl sites for hydroxylation is 1. The minimum absolute atomic E-state index is 0.218. The van der Waals surface area contributed by atoms with E-state index in [0.29, 0.717) is 6.61 Å². The van der Waals surface area contributed by atoms with Crippen molar-refractivity contribution in [3.8, 4) is 5.75 Å². The molecule has 3 heterocycles. The van der Waals surface area contributed by atoms with E-state index in [1.54, 1.807) is 4.52 Å². The Morgan fingerprint density at radius 2 is 2.29 bits per heavy atom. The summed E-state index contributed by atoms with van der Waals surface area (Å²) in [6.45, 7) is 4.42. The smallest absolute Gasteiger partial charge is 0.198 e. The van der Waals surface area contributed by atoms with Gasteiger partial charge in [0.1, 0.15) is 12.3 Å². The molecule has 1 aliphatic rings. The average Bonchev–Trinajstić information content (AvgIpc) is 2.84. The lowest BCUT2D eigenvalue weighted by molar-refractivity contribution is 0.286.